The average Bonchev–Trinajstić information content (AvgIpc) is 2.99. The van der Waals surface area contributed by atoms with Crippen LogP contribution in [0.3, 0.4) is 0 Å². The van der Waals surface area contributed by atoms with E-state index in [2.05, 4.69) is 10.6 Å². The van der Waals surface area contributed by atoms with Crippen LogP contribution in [0.1, 0.15) is 33.2 Å². The Hall–Kier alpha value is -5.64. The fourth-order valence-corrected chi connectivity index (χ4v) is 5.40. The van der Waals surface area contributed by atoms with E-state index in [0.29, 0.717) is 24.2 Å². The SMILES string of the molecule is CCNC(=O)c1ccc(S(=O)(=O)Nc2cc(F)c(C(=O)N[C@@H](Cc3ccc(-n4c(=O)ccn(C)c4=O)cc3)C(=O)O)c(F)c2)cc1. The summed E-state index contributed by atoms with van der Waals surface area (Å²) in [4.78, 5) is 60.8. The van der Waals surface area contributed by atoms with Crippen LogP contribution in [0.25, 0.3) is 5.69 Å². The molecule has 240 valence electrons. The average molecular weight is 656 g/mol. The number of anilines is 1. The summed E-state index contributed by atoms with van der Waals surface area (Å²) in [5.41, 5.74) is -2.13. The first-order chi connectivity index (χ1) is 21.7. The molecule has 16 heteroatoms. The number of carboxylic acids is 1. The molecule has 4 aromatic rings. The standard InChI is InChI=1S/C30H27F2N5O8S/c1-3-33-27(39)18-6-10-21(11-7-18)46(44,45)35-19-15-22(31)26(23(32)16-19)28(40)34-24(29(41)42)14-17-4-8-20(9-5-17)37-25(38)12-13-36(2)30(37)43/h4-13,15-16,24,35H,3,14H2,1-2H3,(H,33,39)(H,34,40)(H,41,42)/t24-/m0/s1. The number of aromatic nitrogens is 2. The number of carboxylic acid groups (broad SMARTS) is 1. The first kappa shape index (κ1) is 33.3. The second-order valence-corrected chi connectivity index (χ2v) is 11.6. The van der Waals surface area contributed by atoms with Crippen LogP contribution >= 0.6 is 0 Å². The lowest BCUT2D eigenvalue weighted by Crippen LogP contribution is -2.43. The molecule has 0 saturated heterocycles. The molecule has 2 amide bonds. The Bertz CT molecular complexity index is 2020. The smallest absolute Gasteiger partial charge is 0.335 e. The van der Waals surface area contributed by atoms with Crippen LogP contribution in [0.5, 0.6) is 0 Å². The maximum atomic E-state index is 14.9. The molecular weight excluding hydrogens is 628 g/mol. The first-order valence-electron chi connectivity index (χ1n) is 13.5. The van der Waals surface area contributed by atoms with E-state index in [-0.39, 0.29) is 22.6 Å². The highest BCUT2D eigenvalue weighted by Crippen LogP contribution is 2.23. The number of hydrogen-bond acceptors (Lipinski definition) is 7. The second-order valence-electron chi connectivity index (χ2n) is 9.92. The lowest BCUT2D eigenvalue weighted by Gasteiger charge is -2.16. The van der Waals surface area contributed by atoms with E-state index in [0.717, 1.165) is 16.7 Å². The third-order valence-electron chi connectivity index (χ3n) is 6.68. The molecule has 0 aliphatic carbocycles. The van der Waals surface area contributed by atoms with E-state index in [1.807, 2.05) is 4.72 Å². The Kier molecular flexibility index (Phi) is 9.80. The Balaban J connectivity index is 1.49. The van der Waals surface area contributed by atoms with E-state index in [4.69, 9.17) is 0 Å². The molecule has 4 N–H and O–H groups in total. The monoisotopic (exact) mass is 655 g/mol. The summed E-state index contributed by atoms with van der Waals surface area (Å²) in [5, 5.41) is 14.3. The highest BCUT2D eigenvalue weighted by atomic mass is 32.2. The van der Waals surface area contributed by atoms with Crippen LogP contribution in [0, 0.1) is 11.6 Å². The van der Waals surface area contributed by atoms with Crippen LogP contribution < -0.4 is 26.6 Å². The molecule has 1 atom stereocenters. The van der Waals surface area contributed by atoms with Gasteiger partial charge in [0.25, 0.3) is 27.4 Å². The number of nitrogens with zero attached hydrogens (tertiary/aromatic N) is 2. The number of amides is 2. The van der Waals surface area contributed by atoms with Crippen molar-refractivity contribution in [2.75, 3.05) is 11.3 Å². The normalized spacial score (nSPS) is 11.8. The number of aryl methyl sites for hydroxylation is 1. The highest BCUT2D eigenvalue weighted by molar-refractivity contribution is 7.92. The minimum atomic E-state index is -4.36. The quantitative estimate of drug-likeness (QED) is 0.188. The molecule has 13 nitrogen and oxygen atoms in total. The molecule has 1 heterocycles. The molecule has 0 saturated carbocycles. The molecule has 0 spiro atoms. The number of aliphatic carboxylic acids is 1. The molecule has 3 aromatic carbocycles. The van der Waals surface area contributed by atoms with Crippen LogP contribution in [0.4, 0.5) is 14.5 Å². The predicted molar refractivity (Wildman–Crippen MR) is 161 cm³/mol. The molecular formula is C30H27F2N5O8S. The molecule has 0 bridgehead atoms. The van der Waals surface area contributed by atoms with Gasteiger partial charge in [-0.1, -0.05) is 12.1 Å². The van der Waals surface area contributed by atoms with E-state index < -0.39 is 68.0 Å². The van der Waals surface area contributed by atoms with Gasteiger partial charge in [-0.2, -0.15) is 0 Å². The zero-order valence-electron chi connectivity index (χ0n) is 24.3. The number of rotatable bonds is 11. The van der Waals surface area contributed by atoms with E-state index in [1.54, 1.807) is 6.92 Å². The van der Waals surface area contributed by atoms with Crippen molar-refractivity contribution in [3.63, 3.8) is 0 Å². The zero-order valence-corrected chi connectivity index (χ0v) is 25.1. The van der Waals surface area contributed by atoms with Crippen LogP contribution in [-0.4, -0.2) is 53.0 Å². The minimum Gasteiger partial charge on any atom is -0.480 e. The first-order valence-corrected chi connectivity index (χ1v) is 15.0. The van der Waals surface area contributed by atoms with Gasteiger partial charge in [-0.3, -0.25) is 19.1 Å². The number of benzene rings is 3. The Morgan fingerprint density at radius 3 is 2.09 bits per heavy atom. The van der Waals surface area contributed by atoms with Crippen molar-refractivity contribution in [3.05, 3.63) is 122 Å². The van der Waals surface area contributed by atoms with Crippen molar-refractivity contribution < 1.29 is 36.7 Å². The maximum Gasteiger partial charge on any atom is 0.335 e. The lowest BCUT2D eigenvalue weighted by molar-refractivity contribution is -0.139. The molecule has 4 rings (SSSR count). The van der Waals surface area contributed by atoms with Gasteiger partial charge in [0.05, 0.1) is 16.3 Å². The van der Waals surface area contributed by atoms with Gasteiger partial charge in [-0.15, -0.1) is 0 Å². The third kappa shape index (κ3) is 7.35. The van der Waals surface area contributed by atoms with Crippen molar-refractivity contribution in [1.82, 2.24) is 19.8 Å². The summed E-state index contributed by atoms with van der Waals surface area (Å²) in [6, 6.07) is 11.1. The summed E-state index contributed by atoms with van der Waals surface area (Å²) < 4.78 is 59.5. The Morgan fingerprint density at radius 1 is 0.913 bits per heavy atom. The summed E-state index contributed by atoms with van der Waals surface area (Å²) >= 11 is 0. The summed E-state index contributed by atoms with van der Waals surface area (Å²) in [5.74, 6) is -6.28. The van der Waals surface area contributed by atoms with Gasteiger partial charge < -0.3 is 20.3 Å². The second kappa shape index (κ2) is 13.6. The van der Waals surface area contributed by atoms with Crippen molar-refractivity contribution in [3.8, 4) is 5.69 Å². The van der Waals surface area contributed by atoms with Gasteiger partial charge in [-0.05, 0) is 61.0 Å². The van der Waals surface area contributed by atoms with Gasteiger partial charge in [0.2, 0.25) is 0 Å². The summed E-state index contributed by atoms with van der Waals surface area (Å²) in [7, 11) is -2.90. The van der Waals surface area contributed by atoms with Gasteiger partial charge in [-0.25, -0.2) is 31.4 Å². The fourth-order valence-electron chi connectivity index (χ4n) is 4.36. The lowest BCUT2D eigenvalue weighted by atomic mass is 10.0. The zero-order chi connectivity index (χ0) is 33.8. The summed E-state index contributed by atoms with van der Waals surface area (Å²) in [6.45, 7) is 2.07. The number of hydrogen-bond donors (Lipinski definition) is 4. The molecule has 1 aromatic heterocycles. The van der Waals surface area contributed by atoms with E-state index in [1.165, 1.54) is 60.3 Å². The molecule has 46 heavy (non-hydrogen) atoms. The number of carbonyl (C=O) groups is 3. The van der Waals surface area contributed by atoms with Crippen LogP contribution in [0.2, 0.25) is 0 Å². The molecule has 0 radical (unpaired) electrons. The largest absolute Gasteiger partial charge is 0.480 e. The summed E-state index contributed by atoms with van der Waals surface area (Å²) in [6.07, 6.45) is 0.980. The van der Waals surface area contributed by atoms with Gasteiger partial charge in [0, 0.05) is 37.8 Å². The highest BCUT2D eigenvalue weighted by Gasteiger charge is 2.26. The van der Waals surface area contributed by atoms with Crippen LogP contribution in [0.15, 0.2) is 87.4 Å². The van der Waals surface area contributed by atoms with Crippen molar-refractivity contribution in [2.45, 2.75) is 24.3 Å². The number of halogens is 2. The third-order valence-corrected chi connectivity index (χ3v) is 8.07. The fraction of sp³-hybridized carbons (Fsp3) is 0.167. The molecule has 0 unspecified atom stereocenters. The van der Waals surface area contributed by atoms with Crippen molar-refractivity contribution >= 4 is 33.5 Å². The predicted octanol–water partition coefficient (Wildman–Crippen LogP) is 1.79. The van der Waals surface area contributed by atoms with Gasteiger partial charge in [0.15, 0.2) is 0 Å². The Labute approximate surface area is 260 Å². The van der Waals surface area contributed by atoms with E-state index >= 15 is 0 Å². The van der Waals surface area contributed by atoms with Gasteiger partial charge >= 0.3 is 11.7 Å². The van der Waals surface area contributed by atoms with Crippen LogP contribution in [-0.2, 0) is 28.3 Å². The maximum absolute atomic E-state index is 14.9. The Morgan fingerprint density at radius 2 is 1.52 bits per heavy atom. The molecule has 0 aliphatic rings. The molecule has 0 aliphatic heterocycles. The number of sulfonamides is 1. The number of carbonyl (C=O) groups excluding carboxylic acids is 2. The van der Waals surface area contributed by atoms with E-state index in [9.17, 15) is 46.3 Å². The topological polar surface area (TPSA) is 186 Å². The minimum absolute atomic E-state index is 0.195. The number of nitrogens with one attached hydrogen (secondary N) is 3. The van der Waals surface area contributed by atoms with Crippen molar-refractivity contribution in [1.29, 1.82) is 0 Å². The van der Waals surface area contributed by atoms with Crippen molar-refractivity contribution in [2.24, 2.45) is 7.05 Å². The van der Waals surface area contributed by atoms with Gasteiger partial charge in [0.1, 0.15) is 23.2 Å². The molecule has 0 fully saturated rings.